The van der Waals surface area contributed by atoms with E-state index in [0.717, 1.165) is 46.2 Å². The van der Waals surface area contributed by atoms with Crippen LogP contribution in [0.1, 0.15) is 24.8 Å². The van der Waals surface area contributed by atoms with E-state index in [4.69, 9.17) is 5.73 Å². The minimum atomic E-state index is -3.70. The van der Waals surface area contributed by atoms with Crippen molar-refractivity contribution in [1.29, 1.82) is 0 Å². The number of aromatic nitrogens is 3. The van der Waals surface area contributed by atoms with E-state index in [9.17, 15) is 13.2 Å². The molecule has 1 amide bonds. The molecule has 0 saturated heterocycles. The molecule has 0 aliphatic heterocycles. The number of nitrogens with two attached hydrogens (primary N) is 1. The van der Waals surface area contributed by atoms with Gasteiger partial charge in [-0.1, -0.05) is 18.2 Å². The van der Waals surface area contributed by atoms with Crippen LogP contribution in [0.2, 0.25) is 0 Å². The van der Waals surface area contributed by atoms with Crippen LogP contribution in [0.5, 0.6) is 0 Å². The number of fused-ring (bicyclic) bond motifs is 2. The zero-order valence-electron chi connectivity index (χ0n) is 19.9. The smallest absolute Gasteiger partial charge is 0.241 e. The van der Waals surface area contributed by atoms with Crippen LogP contribution in [0.15, 0.2) is 76.9 Å². The van der Waals surface area contributed by atoms with Crippen LogP contribution in [0.25, 0.3) is 22.6 Å². The molecule has 1 unspecified atom stereocenters. The Morgan fingerprint density at radius 2 is 1.92 bits per heavy atom. The second kappa shape index (κ2) is 9.67. The number of carbonyl (C=O) groups is 1. The molecule has 3 N–H and O–H groups in total. The summed E-state index contributed by atoms with van der Waals surface area (Å²) in [5.41, 5.74) is 8.63. The second-order valence-electron chi connectivity index (χ2n) is 8.95. The number of sulfone groups is 1. The first-order chi connectivity index (χ1) is 17.3. The monoisotopic (exact) mass is 501 g/mol. The molecule has 0 bridgehead atoms. The third-order valence-electron chi connectivity index (χ3n) is 6.48. The summed E-state index contributed by atoms with van der Waals surface area (Å²) in [7, 11) is -1.90. The normalized spacial score (nSPS) is 14.6. The van der Waals surface area contributed by atoms with Crippen molar-refractivity contribution in [3.8, 4) is 0 Å². The van der Waals surface area contributed by atoms with E-state index in [2.05, 4.69) is 21.5 Å². The Bertz CT molecular complexity index is 1670. The van der Waals surface area contributed by atoms with Crippen LogP contribution in [0, 0.1) is 0 Å². The number of carbonyl (C=O) groups excluding carboxylic acids is 1. The number of aryl methyl sites for hydroxylation is 1. The van der Waals surface area contributed by atoms with Gasteiger partial charge in [0.2, 0.25) is 15.7 Å². The second-order valence-corrected chi connectivity index (χ2v) is 10.9. The molecule has 4 aromatic rings. The zero-order chi connectivity index (χ0) is 25.3. The summed E-state index contributed by atoms with van der Waals surface area (Å²) in [5.74, 6) is -0.276. The first-order valence-corrected chi connectivity index (χ1v) is 13.3. The average molecular weight is 502 g/mol. The van der Waals surface area contributed by atoms with Gasteiger partial charge >= 0.3 is 0 Å². The molecule has 1 aliphatic rings. The molecule has 0 spiro atoms. The van der Waals surface area contributed by atoms with Crippen molar-refractivity contribution in [1.82, 2.24) is 20.1 Å². The maximum Gasteiger partial charge on any atom is 0.241 e. The fraction of sp³-hybridized carbons (Fsp3) is 0.222. The van der Waals surface area contributed by atoms with Crippen molar-refractivity contribution in [2.45, 2.75) is 41.6 Å². The first kappa shape index (κ1) is 23.9. The molecule has 1 atom stereocenters. The number of hydrogen-bond donors (Lipinski definition) is 2. The Kier molecular flexibility index (Phi) is 6.42. The fourth-order valence-corrected chi connectivity index (χ4v) is 5.81. The highest BCUT2D eigenvalue weighted by Gasteiger charge is 2.21. The van der Waals surface area contributed by atoms with Crippen LogP contribution >= 0.6 is 0 Å². The Balaban J connectivity index is 1.30. The minimum Gasteiger partial charge on any atom is -0.350 e. The SMILES string of the molecule is Cn1cc2ccc(S(=O)(=O)c3ccc(CNC(=O)C(N)C4=c5cnccc5=CCCC4)cc3)cc2n1. The van der Waals surface area contributed by atoms with Crippen LogP contribution in [0.4, 0.5) is 0 Å². The lowest BCUT2D eigenvalue weighted by Gasteiger charge is -2.16. The predicted octanol–water partition coefficient (Wildman–Crippen LogP) is 1.56. The van der Waals surface area contributed by atoms with Crippen molar-refractivity contribution >= 4 is 38.3 Å². The number of pyridine rings is 1. The molecule has 0 fully saturated rings. The van der Waals surface area contributed by atoms with E-state index in [-0.39, 0.29) is 22.2 Å². The summed E-state index contributed by atoms with van der Waals surface area (Å²) in [6.07, 6.45) is 10.1. The summed E-state index contributed by atoms with van der Waals surface area (Å²) in [6, 6.07) is 12.6. The van der Waals surface area contributed by atoms with Gasteiger partial charge in [-0.3, -0.25) is 14.5 Å². The topological polar surface area (TPSA) is 120 Å². The Labute approximate surface area is 209 Å². The molecule has 2 aromatic carbocycles. The Morgan fingerprint density at radius 3 is 2.72 bits per heavy atom. The lowest BCUT2D eigenvalue weighted by atomic mass is 10.00. The molecular weight excluding hydrogens is 474 g/mol. The van der Waals surface area contributed by atoms with E-state index in [0.29, 0.717) is 5.52 Å². The predicted molar refractivity (Wildman–Crippen MR) is 138 cm³/mol. The lowest BCUT2D eigenvalue weighted by Crippen LogP contribution is -2.44. The molecule has 0 radical (unpaired) electrons. The van der Waals surface area contributed by atoms with Gasteiger partial charge in [0, 0.05) is 42.8 Å². The van der Waals surface area contributed by atoms with Crippen LogP contribution in [-0.2, 0) is 28.2 Å². The fourth-order valence-electron chi connectivity index (χ4n) is 4.53. The Hall–Kier alpha value is -3.82. The maximum atomic E-state index is 13.1. The molecule has 1 aliphatic carbocycles. The largest absolute Gasteiger partial charge is 0.350 e. The van der Waals surface area contributed by atoms with Crippen molar-refractivity contribution < 1.29 is 13.2 Å². The van der Waals surface area contributed by atoms with E-state index in [1.54, 1.807) is 66.6 Å². The van der Waals surface area contributed by atoms with Crippen molar-refractivity contribution in [2.24, 2.45) is 12.8 Å². The van der Waals surface area contributed by atoms with Gasteiger partial charge in [-0.25, -0.2) is 8.42 Å². The van der Waals surface area contributed by atoms with Crippen LogP contribution < -0.4 is 21.5 Å². The summed E-state index contributed by atoms with van der Waals surface area (Å²) in [4.78, 5) is 17.4. The van der Waals surface area contributed by atoms with Crippen molar-refractivity contribution in [3.63, 3.8) is 0 Å². The molecular formula is C27H27N5O3S. The quantitative estimate of drug-likeness (QED) is 0.414. The van der Waals surface area contributed by atoms with E-state index in [1.165, 1.54) is 0 Å². The third-order valence-corrected chi connectivity index (χ3v) is 8.24. The average Bonchev–Trinajstić information content (AvgIpc) is 3.13. The van der Waals surface area contributed by atoms with Gasteiger partial charge in [-0.15, -0.1) is 0 Å². The zero-order valence-corrected chi connectivity index (χ0v) is 20.7. The molecule has 36 heavy (non-hydrogen) atoms. The lowest BCUT2D eigenvalue weighted by molar-refractivity contribution is -0.121. The number of rotatable bonds is 6. The summed E-state index contributed by atoms with van der Waals surface area (Å²) in [5, 5.41) is 10.0. The summed E-state index contributed by atoms with van der Waals surface area (Å²) >= 11 is 0. The molecule has 2 heterocycles. The van der Waals surface area contributed by atoms with Gasteiger partial charge < -0.3 is 11.1 Å². The maximum absolute atomic E-state index is 13.1. The van der Waals surface area contributed by atoms with Crippen molar-refractivity contribution in [2.75, 3.05) is 0 Å². The Morgan fingerprint density at radius 1 is 1.14 bits per heavy atom. The summed E-state index contributed by atoms with van der Waals surface area (Å²) < 4.78 is 27.9. The highest BCUT2D eigenvalue weighted by Crippen LogP contribution is 2.24. The van der Waals surface area contributed by atoms with Gasteiger partial charge in [0.25, 0.3) is 0 Å². The van der Waals surface area contributed by atoms with E-state index >= 15 is 0 Å². The van der Waals surface area contributed by atoms with Gasteiger partial charge in [0.1, 0.15) is 6.04 Å². The van der Waals surface area contributed by atoms with Crippen LogP contribution in [-0.4, -0.2) is 35.1 Å². The molecule has 0 saturated carbocycles. The number of nitrogens with zero attached hydrogens (tertiary/aromatic N) is 3. The van der Waals surface area contributed by atoms with Gasteiger partial charge in [-0.2, -0.15) is 5.10 Å². The van der Waals surface area contributed by atoms with E-state index in [1.807, 2.05) is 12.3 Å². The molecule has 184 valence electrons. The van der Waals surface area contributed by atoms with E-state index < -0.39 is 15.9 Å². The van der Waals surface area contributed by atoms with Gasteiger partial charge in [0.05, 0.1) is 15.3 Å². The number of hydrogen-bond acceptors (Lipinski definition) is 6. The van der Waals surface area contributed by atoms with Crippen molar-refractivity contribution in [3.05, 3.63) is 83.1 Å². The van der Waals surface area contributed by atoms with Crippen LogP contribution in [0.3, 0.4) is 0 Å². The molecule has 5 rings (SSSR count). The number of benzene rings is 2. The number of nitrogens with one attached hydrogen (secondary N) is 1. The minimum absolute atomic E-state index is 0.180. The standard InChI is InChI=1S/C27H27N5O3S/c1-32-17-20-8-11-22(14-25(20)31-32)36(34,35)21-9-6-18(7-10-21)15-30-27(33)26(28)23-5-3-2-4-19-12-13-29-16-24(19)23/h4,6-14,16-17,26H,2-3,5,15,28H2,1H3,(H,30,33). The highest BCUT2D eigenvalue weighted by atomic mass is 32.2. The third kappa shape index (κ3) is 4.67. The summed E-state index contributed by atoms with van der Waals surface area (Å²) in [6.45, 7) is 0.242. The highest BCUT2D eigenvalue weighted by molar-refractivity contribution is 7.91. The molecule has 9 heteroatoms. The first-order valence-electron chi connectivity index (χ1n) is 11.8. The van der Waals surface area contributed by atoms with Gasteiger partial charge in [-0.05, 0) is 72.0 Å². The molecule has 8 nitrogen and oxygen atoms in total. The molecule has 2 aromatic heterocycles. The number of amides is 1. The van der Waals surface area contributed by atoms with Gasteiger partial charge in [0.15, 0.2) is 0 Å².